The number of carbonyl (C=O) groups is 2. The molecule has 2 aromatic rings. The van der Waals surface area contributed by atoms with Crippen LogP contribution in [0, 0.1) is 5.82 Å². The fraction of sp³-hybridized carbons (Fsp3) is 0.300. The quantitative estimate of drug-likeness (QED) is 0.673. The normalized spacial score (nSPS) is 16.8. The van der Waals surface area contributed by atoms with Crippen molar-refractivity contribution in [1.82, 2.24) is 9.62 Å². The summed E-state index contributed by atoms with van der Waals surface area (Å²) in [7, 11) is -2.26. The molecule has 0 bridgehead atoms. The van der Waals surface area contributed by atoms with Gasteiger partial charge in [0.05, 0.1) is 12.0 Å². The van der Waals surface area contributed by atoms with Crippen molar-refractivity contribution in [3.63, 3.8) is 0 Å². The van der Waals surface area contributed by atoms with Crippen LogP contribution in [-0.2, 0) is 19.6 Å². The maximum absolute atomic E-state index is 13.2. The second-order valence-electron chi connectivity index (χ2n) is 6.76. The molecule has 1 aliphatic rings. The van der Waals surface area contributed by atoms with Gasteiger partial charge in [-0.2, -0.15) is 4.31 Å². The largest absolute Gasteiger partial charge is 0.497 e. The highest BCUT2D eigenvalue weighted by Crippen LogP contribution is 2.26. The van der Waals surface area contributed by atoms with Crippen LogP contribution in [0.15, 0.2) is 53.4 Å². The number of anilines is 1. The molecule has 1 aliphatic heterocycles. The minimum atomic E-state index is -3.75. The Morgan fingerprint density at radius 1 is 1.17 bits per heavy atom. The van der Waals surface area contributed by atoms with Crippen LogP contribution >= 0.6 is 0 Å². The van der Waals surface area contributed by atoms with Crippen LogP contribution in [0.4, 0.5) is 10.1 Å². The summed E-state index contributed by atoms with van der Waals surface area (Å²) < 4.78 is 45.5. The van der Waals surface area contributed by atoms with Gasteiger partial charge in [0, 0.05) is 24.8 Å². The third kappa shape index (κ3) is 4.95. The van der Waals surface area contributed by atoms with E-state index < -0.39 is 33.7 Å². The van der Waals surface area contributed by atoms with Gasteiger partial charge in [0.15, 0.2) is 0 Å². The summed E-state index contributed by atoms with van der Waals surface area (Å²) in [6, 6.07) is 10.8. The van der Waals surface area contributed by atoms with Gasteiger partial charge in [0.2, 0.25) is 10.0 Å². The Morgan fingerprint density at radius 2 is 1.90 bits per heavy atom. The maximum Gasteiger partial charge on any atom is 0.313 e. The van der Waals surface area contributed by atoms with Gasteiger partial charge in [0.25, 0.3) is 0 Å². The van der Waals surface area contributed by atoms with E-state index in [2.05, 4.69) is 10.6 Å². The van der Waals surface area contributed by atoms with E-state index in [-0.39, 0.29) is 17.1 Å². The van der Waals surface area contributed by atoms with Crippen LogP contribution in [0.2, 0.25) is 0 Å². The Hall–Kier alpha value is -2.98. The van der Waals surface area contributed by atoms with E-state index in [1.165, 1.54) is 41.7 Å². The molecule has 10 heteroatoms. The number of benzene rings is 2. The zero-order valence-corrected chi connectivity index (χ0v) is 17.1. The van der Waals surface area contributed by atoms with Gasteiger partial charge in [0.1, 0.15) is 11.6 Å². The third-order valence-electron chi connectivity index (χ3n) is 4.78. The topological polar surface area (TPSA) is 105 Å². The van der Waals surface area contributed by atoms with Gasteiger partial charge in [-0.15, -0.1) is 0 Å². The predicted molar refractivity (Wildman–Crippen MR) is 108 cm³/mol. The fourth-order valence-corrected chi connectivity index (χ4v) is 4.95. The lowest BCUT2D eigenvalue weighted by molar-refractivity contribution is -0.136. The van der Waals surface area contributed by atoms with Crippen molar-refractivity contribution in [2.75, 3.05) is 25.5 Å². The summed E-state index contributed by atoms with van der Waals surface area (Å²) in [5.74, 6) is -1.88. The van der Waals surface area contributed by atoms with Crippen molar-refractivity contribution < 1.29 is 27.1 Å². The molecule has 0 aromatic heterocycles. The molecule has 0 spiro atoms. The molecule has 1 saturated heterocycles. The van der Waals surface area contributed by atoms with Gasteiger partial charge in [-0.1, -0.05) is 6.07 Å². The van der Waals surface area contributed by atoms with Crippen LogP contribution in [-0.4, -0.2) is 50.8 Å². The number of amides is 2. The Kier molecular flexibility index (Phi) is 6.68. The minimum Gasteiger partial charge on any atom is -0.497 e. The van der Waals surface area contributed by atoms with Crippen LogP contribution in [0.25, 0.3) is 0 Å². The Morgan fingerprint density at radius 3 is 2.57 bits per heavy atom. The highest BCUT2D eigenvalue weighted by Gasteiger charge is 2.35. The lowest BCUT2D eigenvalue weighted by Crippen LogP contribution is -2.45. The first-order chi connectivity index (χ1) is 14.3. The molecule has 1 fully saturated rings. The van der Waals surface area contributed by atoms with Gasteiger partial charge in [-0.05, 0) is 55.3 Å². The van der Waals surface area contributed by atoms with Crippen molar-refractivity contribution in [1.29, 1.82) is 0 Å². The molecular formula is C20H22FN3O5S. The smallest absolute Gasteiger partial charge is 0.313 e. The van der Waals surface area contributed by atoms with E-state index in [0.717, 1.165) is 6.07 Å². The van der Waals surface area contributed by atoms with E-state index in [1.807, 2.05) is 0 Å². The zero-order chi connectivity index (χ0) is 21.7. The fourth-order valence-electron chi connectivity index (χ4n) is 3.26. The van der Waals surface area contributed by atoms with Crippen molar-refractivity contribution in [3.05, 3.63) is 54.3 Å². The van der Waals surface area contributed by atoms with Crippen molar-refractivity contribution >= 4 is 27.5 Å². The first kappa shape index (κ1) is 21.7. The summed E-state index contributed by atoms with van der Waals surface area (Å²) in [6.45, 7) is 0.315. The molecule has 1 atom stereocenters. The van der Waals surface area contributed by atoms with Crippen molar-refractivity contribution in [2.24, 2.45) is 0 Å². The maximum atomic E-state index is 13.2. The molecule has 0 aliphatic carbocycles. The second-order valence-corrected chi connectivity index (χ2v) is 8.65. The van der Waals surface area contributed by atoms with E-state index in [1.54, 1.807) is 12.1 Å². The summed E-state index contributed by atoms with van der Waals surface area (Å²) >= 11 is 0. The number of sulfonamides is 1. The monoisotopic (exact) mass is 435 g/mol. The van der Waals surface area contributed by atoms with Crippen LogP contribution in [0.1, 0.15) is 12.8 Å². The number of halogens is 1. The molecule has 160 valence electrons. The number of hydrogen-bond donors (Lipinski definition) is 2. The predicted octanol–water partition coefficient (Wildman–Crippen LogP) is 1.74. The number of nitrogens with zero attached hydrogens (tertiary/aromatic N) is 1. The minimum absolute atomic E-state index is 0.00914. The summed E-state index contributed by atoms with van der Waals surface area (Å²) in [6.07, 6.45) is 1.20. The third-order valence-corrected chi connectivity index (χ3v) is 6.74. The molecule has 8 nitrogen and oxygen atoms in total. The molecule has 1 heterocycles. The Bertz CT molecular complexity index is 1030. The number of rotatable bonds is 6. The summed E-state index contributed by atoms with van der Waals surface area (Å²) in [5.41, 5.74) is 0.153. The molecule has 0 saturated carbocycles. The van der Waals surface area contributed by atoms with Gasteiger partial charge in [-0.3, -0.25) is 9.59 Å². The van der Waals surface area contributed by atoms with Gasteiger partial charge >= 0.3 is 11.8 Å². The van der Waals surface area contributed by atoms with E-state index >= 15 is 0 Å². The number of ether oxygens (including phenoxy) is 1. The molecule has 3 rings (SSSR count). The summed E-state index contributed by atoms with van der Waals surface area (Å²) in [5, 5.41) is 4.76. The second kappa shape index (κ2) is 9.23. The molecule has 30 heavy (non-hydrogen) atoms. The molecule has 0 radical (unpaired) electrons. The average Bonchev–Trinajstić information content (AvgIpc) is 3.21. The van der Waals surface area contributed by atoms with Crippen LogP contribution in [0.3, 0.4) is 0 Å². The Labute approximate surface area is 174 Å². The zero-order valence-electron chi connectivity index (χ0n) is 16.3. The van der Waals surface area contributed by atoms with E-state index in [9.17, 15) is 22.4 Å². The molecule has 2 N–H and O–H groups in total. The van der Waals surface area contributed by atoms with Crippen LogP contribution < -0.4 is 15.4 Å². The lowest BCUT2D eigenvalue weighted by atomic mass is 10.2. The van der Waals surface area contributed by atoms with E-state index in [0.29, 0.717) is 25.1 Å². The molecule has 2 amide bonds. The average molecular weight is 435 g/mol. The van der Waals surface area contributed by atoms with Crippen molar-refractivity contribution in [2.45, 2.75) is 23.8 Å². The SMILES string of the molecule is COc1ccc(S(=O)(=O)N2CCC[C@H]2CNC(=O)C(=O)Nc2cccc(F)c2)cc1. The number of methoxy groups -OCH3 is 1. The first-order valence-electron chi connectivity index (χ1n) is 9.32. The molecular weight excluding hydrogens is 413 g/mol. The lowest BCUT2D eigenvalue weighted by Gasteiger charge is -2.24. The van der Waals surface area contributed by atoms with Crippen molar-refractivity contribution in [3.8, 4) is 5.75 Å². The summed E-state index contributed by atoms with van der Waals surface area (Å²) in [4.78, 5) is 24.2. The standard InChI is InChI=1S/C20H22FN3O5S/c1-29-17-7-9-18(10-8-17)30(27,28)24-11-3-6-16(24)13-22-19(25)20(26)23-15-5-2-4-14(21)12-15/h2,4-5,7-10,12,16H,3,6,11,13H2,1H3,(H,22,25)(H,23,26)/t16-/m0/s1. The Balaban J connectivity index is 1.61. The molecule has 2 aromatic carbocycles. The van der Waals surface area contributed by atoms with E-state index in [4.69, 9.17) is 4.74 Å². The number of carbonyl (C=O) groups excluding carboxylic acids is 2. The van der Waals surface area contributed by atoms with Crippen LogP contribution in [0.5, 0.6) is 5.75 Å². The highest BCUT2D eigenvalue weighted by molar-refractivity contribution is 7.89. The first-order valence-corrected chi connectivity index (χ1v) is 10.8. The van der Waals surface area contributed by atoms with Gasteiger partial charge in [-0.25, -0.2) is 12.8 Å². The number of nitrogens with one attached hydrogen (secondary N) is 2. The highest BCUT2D eigenvalue weighted by atomic mass is 32.2. The number of hydrogen-bond acceptors (Lipinski definition) is 5. The van der Waals surface area contributed by atoms with Gasteiger partial charge < -0.3 is 15.4 Å². The molecule has 0 unspecified atom stereocenters.